The van der Waals surface area contributed by atoms with E-state index in [9.17, 15) is 0 Å². The molecule has 0 aromatic carbocycles. The summed E-state index contributed by atoms with van der Waals surface area (Å²) in [7, 11) is 0. The standard InChI is InChI=1S/C9H17NO.ClH/c10-9(6-11)5-7-1-3-8(9)4-2-7;/h7-8,11H,1-6,10H2;1H. The molecule has 0 aliphatic heterocycles. The molecule has 2 nitrogen and oxygen atoms in total. The van der Waals surface area contributed by atoms with Crippen LogP contribution in [0.3, 0.4) is 0 Å². The summed E-state index contributed by atoms with van der Waals surface area (Å²) in [6.45, 7) is 0.189. The van der Waals surface area contributed by atoms with Crippen LogP contribution in [0.2, 0.25) is 0 Å². The molecular formula is C9H18ClNO. The van der Waals surface area contributed by atoms with Gasteiger partial charge in [-0.25, -0.2) is 0 Å². The van der Waals surface area contributed by atoms with Crippen LogP contribution in [0.15, 0.2) is 0 Å². The van der Waals surface area contributed by atoms with E-state index in [0.29, 0.717) is 5.92 Å². The van der Waals surface area contributed by atoms with E-state index in [1.807, 2.05) is 0 Å². The molecular weight excluding hydrogens is 174 g/mol. The molecule has 0 saturated heterocycles. The van der Waals surface area contributed by atoms with Crippen LogP contribution in [-0.2, 0) is 0 Å². The third-order valence-electron chi connectivity index (χ3n) is 3.62. The van der Waals surface area contributed by atoms with Crippen molar-refractivity contribution in [3.63, 3.8) is 0 Å². The molecule has 3 fully saturated rings. The Bertz CT molecular complexity index is 157. The molecule has 3 aliphatic carbocycles. The molecule has 3 N–H and O–H groups in total. The van der Waals surface area contributed by atoms with Crippen LogP contribution in [0.25, 0.3) is 0 Å². The number of aliphatic hydroxyl groups is 1. The Balaban J connectivity index is 0.000000720. The van der Waals surface area contributed by atoms with E-state index in [-0.39, 0.29) is 24.6 Å². The summed E-state index contributed by atoms with van der Waals surface area (Å²) in [6.07, 6.45) is 6.27. The molecule has 0 aromatic heterocycles. The Hall–Kier alpha value is 0.210. The first-order valence-electron chi connectivity index (χ1n) is 4.64. The smallest absolute Gasteiger partial charge is 0.0614 e. The van der Waals surface area contributed by atoms with Crippen molar-refractivity contribution < 1.29 is 5.11 Å². The van der Waals surface area contributed by atoms with E-state index in [0.717, 1.165) is 12.3 Å². The highest BCUT2D eigenvalue weighted by molar-refractivity contribution is 5.85. The number of aliphatic hydroxyl groups excluding tert-OH is 1. The van der Waals surface area contributed by atoms with Gasteiger partial charge < -0.3 is 10.8 Å². The third kappa shape index (κ3) is 1.48. The van der Waals surface area contributed by atoms with Crippen LogP contribution in [-0.4, -0.2) is 17.3 Å². The van der Waals surface area contributed by atoms with Crippen LogP contribution in [0.1, 0.15) is 32.1 Å². The molecule has 1 unspecified atom stereocenters. The molecule has 0 spiro atoms. The van der Waals surface area contributed by atoms with Gasteiger partial charge >= 0.3 is 0 Å². The lowest BCUT2D eigenvalue weighted by Gasteiger charge is -2.48. The van der Waals surface area contributed by atoms with Crippen molar-refractivity contribution in [2.24, 2.45) is 17.6 Å². The zero-order chi connectivity index (χ0) is 7.90. The van der Waals surface area contributed by atoms with E-state index in [1.54, 1.807) is 0 Å². The first kappa shape index (κ1) is 10.3. The molecule has 0 amide bonds. The van der Waals surface area contributed by atoms with Crippen molar-refractivity contribution in [2.75, 3.05) is 6.61 Å². The lowest BCUT2D eigenvalue weighted by atomic mass is 9.61. The highest BCUT2D eigenvalue weighted by Crippen LogP contribution is 2.45. The maximum Gasteiger partial charge on any atom is 0.0614 e. The maximum atomic E-state index is 9.15. The monoisotopic (exact) mass is 191 g/mol. The lowest BCUT2D eigenvalue weighted by Crippen LogP contribution is -2.56. The fourth-order valence-corrected chi connectivity index (χ4v) is 2.84. The van der Waals surface area contributed by atoms with Gasteiger partial charge in [-0.2, -0.15) is 0 Å². The minimum Gasteiger partial charge on any atom is -0.394 e. The van der Waals surface area contributed by atoms with Crippen molar-refractivity contribution in [2.45, 2.75) is 37.6 Å². The van der Waals surface area contributed by atoms with Gasteiger partial charge in [0.2, 0.25) is 0 Å². The highest BCUT2D eigenvalue weighted by Gasteiger charge is 2.44. The summed E-state index contributed by atoms with van der Waals surface area (Å²) >= 11 is 0. The molecule has 3 aliphatic rings. The highest BCUT2D eigenvalue weighted by atomic mass is 35.5. The predicted molar refractivity (Wildman–Crippen MR) is 51.3 cm³/mol. The second-order valence-corrected chi connectivity index (χ2v) is 4.31. The quantitative estimate of drug-likeness (QED) is 0.657. The summed E-state index contributed by atoms with van der Waals surface area (Å²) in [5.74, 6) is 1.43. The fraction of sp³-hybridized carbons (Fsp3) is 1.00. The second kappa shape index (κ2) is 3.52. The number of halogens is 1. The normalized spacial score (nSPS) is 45.5. The Labute approximate surface area is 79.9 Å². The zero-order valence-corrected chi connectivity index (χ0v) is 8.15. The average molecular weight is 192 g/mol. The van der Waals surface area contributed by atoms with Gasteiger partial charge in [-0.1, -0.05) is 12.8 Å². The molecule has 72 valence electrons. The van der Waals surface area contributed by atoms with Crippen LogP contribution in [0.5, 0.6) is 0 Å². The zero-order valence-electron chi connectivity index (χ0n) is 7.33. The van der Waals surface area contributed by atoms with Crippen molar-refractivity contribution in [3.8, 4) is 0 Å². The number of hydrogen-bond acceptors (Lipinski definition) is 2. The topological polar surface area (TPSA) is 46.2 Å². The number of fused-ring (bicyclic) bond motifs is 3. The van der Waals surface area contributed by atoms with Crippen molar-refractivity contribution in [1.82, 2.24) is 0 Å². The average Bonchev–Trinajstić information content (AvgIpc) is 2.06. The summed E-state index contributed by atoms with van der Waals surface area (Å²) in [4.78, 5) is 0. The Morgan fingerprint density at radius 3 is 2.08 bits per heavy atom. The largest absolute Gasteiger partial charge is 0.394 e. The van der Waals surface area contributed by atoms with Gasteiger partial charge in [0.15, 0.2) is 0 Å². The minimum atomic E-state index is -0.207. The van der Waals surface area contributed by atoms with Crippen molar-refractivity contribution in [3.05, 3.63) is 0 Å². The van der Waals surface area contributed by atoms with Crippen LogP contribution in [0, 0.1) is 11.8 Å². The van der Waals surface area contributed by atoms with Crippen LogP contribution in [0.4, 0.5) is 0 Å². The fourth-order valence-electron chi connectivity index (χ4n) is 2.84. The van der Waals surface area contributed by atoms with Crippen LogP contribution < -0.4 is 5.73 Å². The van der Waals surface area contributed by atoms with Gasteiger partial charge in [0.25, 0.3) is 0 Å². The Morgan fingerprint density at radius 1 is 1.25 bits per heavy atom. The van der Waals surface area contributed by atoms with Crippen molar-refractivity contribution >= 4 is 12.4 Å². The molecule has 0 radical (unpaired) electrons. The van der Waals surface area contributed by atoms with E-state index in [4.69, 9.17) is 10.8 Å². The van der Waals surface area contributed by atoms with Gasteiger partial charge in [-0.15, -0.1) is 12.4 Å². The summed E-state index contributed by atoms with van der Waals surface area (Å²) in [5, 5.41) is 9.15. The molecule has 3 saturated carbocycles. The van der Waals surface area contributed by atoms with Crippen molar-refractivity contribution in [1.29, 1.82) is 0 Å². The maximum absolute atomic E-state index is 9.15. The number of rotatable bonds is 1. The summed E-state index contributed by atoms with van der Waals surface area (Å²) in [5.41, 5.74) is 5.89. The Kier molecular flexibility index (Phi) is 3.02. The summed E-state index contributed by atoms with van der Waals surface area (Å²) < 4.78 is 0. The van der Waals surface area contributed by atoms with E-state index in [2.05, 4.69) is 0 Å². The first-order valence-corrected chi connectivity index (χ1v) is 4.64. The molecule has 3 heteroatoms. The molecule has 3 rings (SSSR count). The molecule has 1 atom stereocenters. The van der Waals surface area contributed by atoms with Gasteiger partial charge in [0.05, 0.1) is 6.61 Å². The summed E-state index contributed by atoms with van der Waals surface area (Å²) in [6, 6.07) is 0. The lowest BCUT2D eigenvalue weighted by molar-refractivity contribution is 0.0265. The van der Waals surface area contributed by atoms with Gasteiger partial charge in [0, 0.05) is 5.54 Å². The number of hydrogen-bond donors (Lipinski definition) is 2. The van der Waals surface area contributed by atoms with Gasteiger partial charge in [0.1, 0.15) is 0 Å². The number of nitrogens with two attached hydrogens (primary N) is 1. The SMILES string of the molecule is Cl.NC1(CO)CC2CCC1CC2. The molecule has 2 bridgehead atoms. The van der Waals surface area contributed by atoms with Crippen LogP contribution >= 0.6 is 12.4 Å². The first-order chi connectivity index (χ1) is 5.24. The van der Waals surface area contributed by atoms with Gasteiger partial charge in [-0.3, -0.25) is 0 Å². The molecule has 0 aromatic rings. The third-order valence-corrected chi connectivity index (χ3v) is 3.62. The van der Waals surface area contributed by atoms with E-state index in [1.165, 1.54) is 25.7 Å². The minimum absolute atomic E-state index is 0. The van der Waals surface area contributed by atoms with E-state index < -0.39 is 0 Å². The second-order valence-electron chi connectivity index (χ2n) is 4.31. The van der Waals surface area contributed by atoms with E-state index >= 15 is 0 Å². The molecule has 12 heavy (non-hydrogen) atoms. The predicted octanol–water partition coefficient (Wildman–Crippen LogP) is 1.31. The van der Waals surface area contributed by atoms with Gasteiger partial charge in [-0.05, 0) is 31.1 Å². The Morgan fingerprint density at radius 2 is 1.83 bits per heavy atom. The molecule has 0 heterocycles.